The molecule has 0 aliphatic heterocycles. The largest absolute Gasteiger partial charge is 0.350 e. The predicted molar refractivity (Wildman–Crippen MR) is 54.0 cm³/mol. The number of hydrazone groups is 1. The van der Waals surface area contributed by atoms with Gasteiger partial charge in [-0.3, -0.25) is 0 Å². The molecule has 78 valence electrons. The molecule has 0 bridgehead atoms. The first-order valence-electron chi connectivity index (χ1n) is 4.57. The third-order valence-corrected chi connectivity index (χ3v) is 2.31. The standard InChI is InChI=1S/C10H10FN3O/c11-7-2-3-8-6(5-7)1-4-9(8)13-14-10(12)15/h2-3,5H,1,4H2,(H3,12,14,15)/b13-9-. The van der Waals surface area contributed by atoms with Crippen molar-refractivity contribution >= 4 is 11.7 Å². The molecular formula is C10H10FN3O. The number of urea groups is 1. The predicted octanol–water partition coefficient (Wildman–Crippen LogP) is 1.14. The average Bonchev–Trinajstić information content (AvgIpc) is 2.57. The van der Waals surface area contributed by atoms with Crippen LogP contribution in [0.2, 0.25) is 0 Å². The number of hydrogen-bond donors (Lipinski definition) is 2. The van der Waals surface area contributed by atoms with E-state index >= 15 is 0 Å². The molecule has 3 N–H and O–H groups in total. The summed E-state index contributed by atoms with van der Waals surface area (Å²) in [5.41, 5.74) is 9.61. The molecule has 0 atom stereocenters. The molecule has 4 nitrogen and oxygen atoms in total. The number of amides is 2. The van der Waals surface area contributed by atoms with Gasteiger partial charge < -0.3 is 5.73 Å². The number of aryl methyl sites for hydroxylation is 1. The highest BCUT2D eigenvalue weighted by atomic mass is 19.1. The van der Waals surface area contributed by atoms with E-state index in [4.69, 9.17) is 5.73 Å². The lowest BCUT2D eigenvalue weighted by Gasteiger charge is -2.00. The highest BCUT2D eigenvalue weighted by Gasteiger charge is 2.18. The number of carbonyl (C=O) groups excluding carboxylic acids is 1. The number of nitrogens with zero attached hydrogens (tertiary/aromatic N) is 1. The van der Waals surface area contributed by atoms with Crippen molar-refractivity contribution in [1.82, 2.24) is 5.43 Å². The molecule has 0 fully saturated rings. The molecule has 0 saturated carbocycles. The van der Waals surface area contributed by atoms with E-state index in [-0.39, 0.29) is 5.82 Å². The lowest BCUT2D eigenvalue weighted by atomic mass is 10.1. The van der Waals surface area contributed by atoms with Crippen LogP contribution in [0.5, 0.6) is 0 Å². The number of carbonyl (C=O) groups is 1. The van der Waals surface area contributed by atoms with Crippen molar-refractivity contribution in [2.75, 3.05) is 0 Å². The molecule has 1 aromatic rings. The molecule has 0 heterocycles. The van der Waals surface area contributed by atoms with Crippen LogP contribution < -0.4 is 11.2 Å². The Labute approximate surface area is 86.0 Å². The fraction of sp³-hybridized carbons (Fsp3) is 0.200. The Bertz CT molecular complexity index is 442. The van der Waals surface area contributed by atoms with Crippen LogP contribution in [0.15, 0.2) is 23.3 Å². The SMILES string of the molecule is NC(=O)N/N=C1/CCc2cc(F)ccc21. The van der Waals surface area contributed by atoms with Gasteiger partial charge in [0, 0.05) is 5.56 Å². The summed E-state index contributed by atoms with van der Waals surface area (Å²) in [5.74, 6) is -0.252. The maximum absolute atomic E-state index is 12.9. The van der Waals surface area contributed by atoms with Crippen LogP contribution in [0.3, 0.4) is 0 Å². The molecule has 0 unspecified atom stereocenters. The lowest BCUT2D eigenvalue weighted by Crippen LogP contribution is -2.25. The molecule has 1 aliphatic carbocycles. The average molecular weight is 207 g/mol. The number of hydrogen-bond acceptors (Lipinski definition) is 2. The van der Waals surface area contributed by atoms with Crippen molar-refractivity contribution in [2.45, 2.75) is 12.8 Å². The summed E-state index contributed by atoms with van der Waals surface area (Å²) in [6.45, 7) is 0. The smallest absolute Gasteiger partial charge is 0.332 e. The molecule has 1 aliphatic rings. The number of halogens is 1. The molecule has 0 radical (unpaired) electrons. The molecule has 1 aromatic carbocycles. The molecular weight excluding hydrogens is 197 g/mol. The number of nitrogens with two attached hydrogens (primary N) is 1. The van der Waals surface area contributed by atoms with E-state index in [1.165, 1.54) is 12.1 Å². The molecule has 0 saturated heterocycles. The van der Waals surface area contributed by atoms with Crippen LogP contribution in [0.25, 0.3) is 0 Å². The summed E-state index contributed by atoms with van der Waals surface area (Å²) in [7, 11) is 0. The minimum Gasteiger partial charge on any atom is -0.350 e. The van der Waals surface area contributed by atoms with E-state index in [9.17, 15) is 9.18 Å². The van der Waals surface area contributed by atoms with Crippen LogP contribution in [0.4, 0.5) is 9.18 Å². The van der Waals surface area contributed by atoms with Gasteiger partial charge in [-0.25, -0.2) is 14.6 Å². The normalized spacial score (nSPS) is 16.5. The second-order valence-corrected chi connectivity index (χ2v) is 3.34. The maximum atomic E-state index is 12.9. The molecule has 0 aromatic heterocycles. The zero-order chi connectivity index (χ0) is 10.8. The summed E-state index contributed by atoms with van der Waals surface area (Å²) in [6, 6.07) is 3.84. The maximum Gasteiger partial charge on any atom is 0.332 e. The quantitative estimate of drug-likeness (QED) is 0.666. The Balaban J connectivity index is 2.28. The van der Waals surface area contributed by atoms with Crippen LogP contribution in [-0.2, 0) is 6.42 Å². The Kier molecular flexibility index (Phi) is 2.37. The molecule has 2 amide bonds. The van der Waals surface area contributed by atoms with Gasteiger partial charge in [0.1, 0.15) is 5.82 Å². The zero-order valence-corrected chi connectivity index (χ0v) is 7.96. The summed E-state index contributed by atoms with van der Waals surface area (Å²) < 4.78 is 12.9. The first-order valence-corrected chi connectivity index (χ1v) is 4.57. The van der Waals surface area contributed by atoms with Crippen molar-refractivity contribution in [2.24, 2.45) is 10.8 Å². The van der Waals surface area contributed by atoms with Gasteiger partial charge >= 0.3 is 6.03 Å². The minimum atomic E-state index is -0.696. The van der Waals surface area contributed by atoms with Crippen molar-refractivity contribution in [3.05, 3.63) is 35.1 Å². The molecule has 15 heavy (non-hydrogen) atoms. The Morgan fingerprint density at radius 2 is 2.27 bits per heavy atom. The second kappa shape index (κ2) is 3.68. The van der Waals surface area contributed by atoms with Gasteiger partial charge in [0.25, 0.3) is 0 Å². The Hall–Kier alpha value is -1.91. The highest BCUT2D eigenvalue weighted by Crippen LogP contribution is 2.22. The first kappa shape index (κ1) is 9.64. The summed E-state index contributed by atoms with van der Waals surface area (Å²) in [4.78, 5) is 10.5. The second-order valence-electron chi connectivity index (χ2n) is 3.34. The van der Waals surface area contributed by atoms with E-state index in [1.54, 1.807) is 6.07 Å². The van der Waals surface area contributed by atoms with Crippen LogP contribution in [0, 0.1) is 5.82 Å². The Morgan fingerprint density at radius 1 is 1.47 bits per heavy atom. The van der Waals surface area contributed by atoms with Gasteiger partial charge in [-0.05, 0) is 36.6 Å². The van der Waals surface area contributed by atoms with E-state index < -0.39 is 6.03 Å². The van der Waals surface area contributed by atoms with Crippen molar-refractivity contribution in [3.63, 3.8) is 0 Å². The summed E-state index contributed by atoms with van der Waals surface area (Å²) in [6.07, 6.45) is 1.44. The van der Waals surface area contributed by atoms with Crippen LogP contribution in [-0.4, -0.2) is 11.7 Å². The minimum absolute atomic E-state index is 0.252. The van der Waals surface area contributed by atoms with Crippen LogP contribution >= 0.6 is 0 Å². The summed E-state index contributed by atoms with van der Waals surface area (Å²) in [5, 5.41) is 3.86. The number of primary amides is 1. The number of benzene rings is 1. The third kappa shape index (κ3) is 1.96. The number of rotatable bonds is 1. The van der Waals surface area contributed by atoms with E-state index in [0.717, 1.165) is 23.3 Å². The van der Waals surface area contributed by atoms with E-state index in [0.29, 0.717) is 6.42 Å². The third-order valence-electron chi connectivity index (χ3n) is 2.31. The van der Waals surface area contributed by atoms with Gasteiger partial charge in [-0.2, -0.15) is 5.10 Å². The fourth-order valence-electron chi connectivity index (χ4n) is 1.68. The highest BCUT2D eigenvalue weighted by molar-refractivity contribution is 6.04. The van der Waals surface area contributed by atoms with Crippen LogP contribution in [0.1, 0.15) is 17.5 Å². The van der Waals surface area contributed by atoms with Crippen molar-refractivity contribution < 1.29 is 9.18 Å². The van der Waals surface area contributed by atoms with Crippen molar-refractivity contribution in [1.29, 1.82) is 0 Å². The van der Waals surface area contributed by atoms with Gasteiger partial charge in [0.2, 0.25) is 0 Å². The van der Waals surface area contributed by atoms with Gasteiger partial charge in [-0.15, -0.1) is 0 Å². The number of fused-ring (bicyclic) bond motifs is 1. The van der Waals surface area contributed by atoms with E-state index in [2.05, 4.69) is 10.5 Å². The number of nitrogens with one attached hydrogen (secondary N) is 1. The topological polar surface area (TPSA) is 67.5 Å². The van der Waals surface area contributed by atoms with E-state index in [1.807, 2.05) is 0 Å². The molecule has 2 rings (SSSR count). The van der Waals surface area contributed by atoms with Gasteiger partial charge in [-0.1, -0.05) is 0 Å². The molecule has 5 heteroatoms. The Morgan fingerprint density at radius 3 is 3.00 bits per heavy atom. The molecule has 0 spiro atoms. The lowest BCUT2D eigenvalue weighted by molar-refractivity contribution is 0.249. The monoisotopic (exact) mass is 207 g/mol. The summed E-state index contributed by atoms with van der Waals surface area (Å²) >= 11 is 0. The van der Waals surface area contributed by atoms with Gasteiger partial charge in [0.05, 0.1) is 5.71 Å². The zero-order valence-electron chi connectivity index (χ0n) is 7.96. The van der Waals surface area contributed by atoms with Gasteiger partial charge in [0.15, 0.2) is 0 Å². The fourth-order valence-corrected chi connectivity index (χ4v) is 1.68. The first-order chi connectivity index (χ1) is 7.16. The van der Waals surface area contributed by atoms with Crippen molar-refractivity contribution in [3.8, 4) is 0 Å².